The maximum absolute atomic E-state index is 13.7. The third-order valence-corrected chi connectivity index (χ3v) is 5.53. The second-order valence-corrected chi connectivity index (χ2v) is 7.51. The SMILES string of the molecule is Nc1cc(C(F)(F)F)c(-c2nc(N3CCOCC3)nc(N3C[C@H]4C[C@@H]3CO4)n2)cn1. The number of hydrogen-bond donors (Lipinski definition) is 1. The van der Waals surface area contributed by atoms with Gasteiger partial charge in [-0.15, -0.1) is 0 Å². The van der Waals surface area contributed by atoms with Gasteiger partial charge < -0.3 is 25.0 Å². The van der Waals surface area contributed by atoms with E-state index in [1.165, 1.54) is 0 Å². The average molecular weight is 423 g/mol. The predicted molar refractivity (Wildman–Crippen MR) is 101 cm³/mol. The van der Waals surface area contributed by atoms with E-state index in [-0.39, 0.29) is 29.4 Å². The molecular formula is C18H20F3N7O2. The zero-order chi connectivity index (χ0) is 20.9. The van der Waals surface area contributed by atoms with Crippen molar-refractivity contribution in [2.24, 2.45) is 0 Å². The second kappa shape index (κ2) is 7.20. The molecule has 0 amide bonds. The molecule has 2 aromatic rings. The summed E-state index contributed by atoms with van der Waals surface area (Å²) in [6.45, 7) is 3.23. The minimum atomic E-state index is -4.63. The van der Waals surface area contributed by atoms with E-state index in [2.05, 4.69) is 19.9 Å². The quantitative estimate of drug-likeness (QED) is 0.784. The summed E-state index contributed by atoms with van der Waals surface area (Å²) < 4.78 is 52.1. The van der Waals surface area contributed by atoms with Crippen molar-refractivity contribution in [3.63, 3.8) is 0 Å². The van der Waals surface area contributed by atoms with Gasteiger partial charge in [-0.3, -0.25) is 0 Å². The smallest absolute Gasteiger partial charge is 0.384 e. The molecular weight excluding hydrogens is 403 g/mol. The Morgan fingerprint density at radius 3 is 2.53 bits per heavy atom. The van der Waals surface area contributed by atoms with Gasteiger partial charge in [0.2, 0.25) is 11.9 Å². The van der Waals surface area contributed by atoms with Crippen molar-refractivity contribution in [2.75, 3.05) is 55.0 Å². The van der Waals surface area contributed by atoms with Gasteiger partial charge in [-0.2, -0.15) is 28.1 Å². The number of halogens is 3. The van der Waals surface area contributed by atoms with Gasteiger partial charge >= 0.3 is 6.18 Å². The molecule has 2 bridgehead atoms. The summed E-state index contributed by atoms with van der Waals surface area (Å²) in [4.78, 5) is 21.1. The number of ether oxygens (including phenoxy) is 2. The maximum atomic E-state index is 13.7. The molecule has 9 nitrogen and oxygen atoms in total. The van der Waals surface area contributed by atoms with Gasteiger partial charge in [0.25, 0.3) is 0 Å². The third kappa shape index (κ3) is 3.49. The number of nitrogen functional groups attached to an aromatic ring is 1. The lowest BCUT2D eigenvalue weighted by Gasteiger charge is -2.30. The summed E-state index contributed by atoms with van der Waals surface area (Å²) in [6, 6.07) is 0.910. The van der Waals surface area contributed by atoms with Gasteiger partial charge in [0, 0.05) is 25.8 Å². The van der Waals surface area contributed by atoms with Gasteiger partial charge in [-0.05, 0) is 12.5 Å². The number of anilines is 3. The predicted octanol–water partition coefficient (Wildman–Crippen LogP) is 1.35. The van der Waals surface area contributed by atoms with E-state index in [4.69, 9.17) is 15.2 Å². The molecule has 3 saturated heterocycles. The molecule has 3 fully saturated rings. The number of nitrogens with zero attached hydrogens (tertiary/aromatic N) is 6. The number of alkyl halides is 3. The Hall–Kier alpha value is -2.73. The molecule has 2 atom stereocenters. The molecule has 0 saturated carbocycles. The zero-order valence-corrected chi connectivity index (χ0v) is 16.0. The van der Waals surface area contributed by atoms with E-state index < -0.39 is 11.7 Å². The van der Waals surface area contributed by atoms with Crippen molar-refractivity contribution in [2.45, 2.75) is 24.7 Å². The maximum Gasteiger partial charge on any atom is 0.417 e. The lowest BCUT2D eigenvalue weighted by atomic mass is 10.1. The first-order chi connectivity index (χ1) is 14.4. The molecule has 160 valence electrons. The summed E-state index contributed by atoms with van der Waals surface area (Å²) in [5.41, 5.74) is 4.36. The third-order valence-electron chi connectivity index (χ3n) is 5.53. The van der Waals surface area contributed by atoms with E-state index in [0.29, 0.717) is 51.4 Å². The molecule has 5 rings (SSSR count). The van der Waals surface area contributed by atoms with E-state index in [1.54, 1.807) is 0 Å². The molecule has 0 unspecified atom stereocenters. The molecule has 5 heterocycles. The number of hydrogen-bond acceptors (Lipinski definition) is 9. The van der Waals surface area contributed by atoms with Crippen LogP contribution in [0.4, 0.5) is 30.9 Å². The van der Waals surface area contributed by atoms with Crippen LogP contribution in [0.25, 0.3) is 11.4 Å². The van der Waals surface area contributed by atoms with Gasteiger partial charge in [0.05, 0.1) is 43.1 Å². The van der Waals surface area contributed by atoms with Crippen LogP contribution in [-0.2, 0) is 15.7 Å². The van der Waals surface area contributed by atoms with Crippen molar-refractivity contribution in [1.82, 2.24) is 19.9 Å². The highest BCUT2D eigenvalue weighted by molar-refractivity contribution is 5.65. The fourth-order valence-electron chi connectivity index (χ4n) is 4.04. The number of rotatable bonds is 3. The monoisotopic (exact) mass is 423 g/mol. The Morgan fingerprint density at radius 2 is 1.87 bits per heavy atom. The minimum Gasteiger partial charge on any atom is -0.384 e. The summed E-state index contributed by atoms with van der Waals surface area (Å²) in [6.07, 6.45) is -2.62. The Morgan fingerprint density at radius 1 is 1.10 bits per heavy atom. The molecule has 3 aliphatic heterocycles. The van der Waals surface area contributed by atoms with Crippen LogP contribution in [0.1, 0.15) is 12.0 Å². The van der Waals surface area contributed by atoms with Crippen LogP contribution in [0.2, 0.25) is 0 Å². The van der Waals surface area contributed by atoms with Gasteiger partial charge in [-0.25, -0.2) is 4.98 Å². The van der Waals surface area contributed by atoms with Crippen LogP contribution in [0.5, 0.6) is 0 Å². The molecule has 2 aromatic heterocycles. The van der Waals surface area contributed by atoms with Crippen LogP contribution in [-0.4, -0.2) is 71.5 Å². The van der Waals surface area contributed by atoms with E-state index in [9.17, 15) is 13.2 Å². The minimum absolute atomic E-state index is 0.0787. The van der Waals surface area contributed by atoms with Crippen LogP contribution in [0.15, 0.2) is 12.3 Å². The Bertz CT molecular complexity index is 952. The summed E-state index contributed by atoms with van der Waals surface area (Å²) in [5, 5.41) is 0. The van der Waals surface area contributed by atoms with Crippen molar-refractivity contribution in [1.29, 1.82) is 0 Å². The topological polar surface area (TPSA) is 103 Å². The van der Waals surface area contributed by atoms with Crippen molar-refractivity contribution in [3.8, 4) is 11.4 Å². The highest BCUT2D eigenvalue weighted by Crippen LogP contribution is 2.38. The molecule has 0 radical (unpaired) electrons. The lowest BCUT2D eigenvalue weighted by Crippen LogP contribution is -2.40. The second-order valence-electron chi connectivity index (χ2n) is 7.51. The van der Waals surface area contributed by atoms with Gasteiger partial charge in [0.15, 0.2) is 5.82 Å². The van der Waals surface area contributed by atoms with E-state index in [1.807, 2.05) is 9.80 Å². The number of nitrogens with two attached hydrogens (primary N) is 1. The normalized spacial score (nSPS) is 24.0. The van der Waals surface area contributed by atoms with Gasteiger partial charge in [-0.1, -0.05) is 0 Å². The summed E-state index contributed by atoms with van der Waals surface area (Å²) in [5.74, 6) is 0.377. The molecule has 0 aliphatic carbocycles. The largest absolute Gasteiger partial charge is 0.417 e. The van der Waals surface area contributed by atoms with Crippen molar-refractivity contribution >= 4 is 17.7 Å². The molecule has 12 heteroatoms. The molecule has 3 aliphatic rings. The van der Waals surface area contributed by atoms with Crippen LogP contribution in [0, 0.1) is 0 Å². The molecule has 30 heavy (non-hydrogen) atoms. The summed E-state index contributed by atoms with van der Waals surface area (Å²) >= 11 is 0. The molecule has 0 spiro atoms. The number of morpholine rings is 2. The van der Waals surface area contributed by atoms with Gasteiger partial charge in [0.1, 0.15) is 5.82 Å². The highest BCUT2D eigenvalue weighted by atomic mass is 19.4. The number of pyridine rings is 1. The Labute approximate surface area is 170 Å². The van der Waals surface area contributed by atoms with Crippen LogP contribution >= 0.6 is 0 Å². The first-order valence-electron chi connectivity index (χ1n) is 9.68. The number of fused-ring (bicyclic) bond motifs is 2. The van der Waals surface area contributed by atoms with Crippen molar-refractivity contribution < 1.29 is 22.6 Å². The number of aromatic nitrogens is 4. The Balaban J connectivity index is 1.62. The average Bonchev–Trinajstić information content (AvgIpc) is 3.37. The van der Waals surface area contributed by atoms with E-state index >= 15 is 0 Å². The van der Waals surface area contributed by atoms with Crippen LogP contribution in [0.3, 0.4) is 0 Å². The van der Waals surface area contributed by atoms with E-state index in [0.717, 1.165) is 18.7 Å². The highest BCUT2D eigenvalue weighted by Gasteiger charge is 2.41. The lowest BCUT2D eigenvalue weighted by molar-refractivity contribution is -0.137. The Kier molecular flexibility index (Phi) is 4.62. The standard InChI is InChI=1S/C18H20F3N7O2/c19-18(20,21)13-6-14(22)23-7-12(13)15-24-16(27-1-3-29-4-2-27)26-17(25-15)28-8-11-5-10(28)9-30-11/h6-7,10-11H,1-5,8-9H2,(H2,22,23)/t10-,11-/m1/s1. The molecule has 0 aromatic carbocycles. The van der Waals surface area contributed by atoms with Crippen molar-refractivity contribution in [3.05, 3.63) is 17.8 Å². The fourth-order valence-corrected chi connectivity index (χ4v) is 4.04. The first-order valence-corrected chi connectivity index (χ1v) is 9.68. The molecule has 2 N–H and O–H groups in total. The fraction of sp³-hybridized carbons (Fsp3) is 0.556. The zero-order valence-electron chi connectivity index (χ0n) is 16.0. The van der Waals surface area contributed by atoms with Crippen LogP contribution < -0.4 is 15.5 Å². The summed E-state index contributed by atoms with van der Waals surface area (Å²) in [7, 11) is 0. The first kappa shape index (κ1) is 19.2.